The van der Waals surface area contributed by atoms with Crippen LogP contribution in [-0.4, -0.2) is 65.3 Å². The van der Waals surface area contributed by atoms with E-state index in [0.717, 1.165) is 24.1 Å². The molecule has 38 heavy (non-hydrogen) atoms. The Bertz CT molecular complexity index is 1160. The number of hydrogen-bond donors (Lipinski definition) is 6. The van der Waals surface area contributed by atoms with Crippen LogP contribution < -0.4 is 48.5 Å². The number of nitrogens with zero attached hydrogens (tertiary/aromatic N) is 5. The van der Waals surface area contributed by atoms with Crippen LogP contribution in [0.1, 0.15) is 18.4 Å². The van der Waals surface area contributed by atoms with Gasteiger partial charge in [-0.25, -0.2) is 0 Å². The second kappa shape index (κ2) is 11.4. The molecule has 2 aromatic carbocycles. The summed E-state index contributed by atoms with van der Waals surface area (Å²) >= 11 is 0. The molecule has 2 fully saturated rings. The van der Waals surface area contributed by atoms with E-state index in [1.165, 1.54) is 0 Å². The lowest BCUT2D eigenvalue weighted by Gasteiger charge is -2.37. The van der Waals surface area contributed by atoms with E-state index in [1.807, 2.05) is 52.3 Å². The average Bonchev–Trinajstić information content (AvgIpc) is 2.88. The zero-order valence-corrected chi connectivity index (χ0v) is 21.4. The quantitative estimate of drug-likeness (QED) is 0.237. The Hall–Kier alpha value is -3.71. The lowest BCUT2D eigenvalue weighted by molar-refractivity contribution is 0.308. The normalized spacial score (nSPS) is 23.8. The summed E-state index contributed by atoms with van der Waals surface area (Å²) in [4.78, 5) is 18.2. The third-order valence-electron chi connectivity index (χ3n) is 6.71. The molecule has 0 spiro atoms. The third kappa shape index (κ3) is 6.40. The van der Waals surface area contributed by atoms with Crippen molar-refractivity contribution in [3.8, 4) is 5.75 Å². The van der Waals surface area contributed by atoms with Gasteiger partial charge >= 0.3 is 0 Å². The van der Waals surface area contributed by atoms with Crippen LogP contribution in [0.2, 0.25) is 0 Å². The predicted octanol–water partition coefficient (Wildman–Crippen LogP) is 0.506. The molecule has 202 valence electrons. The van der Waals surface area contributed by atoms with E-state index in [0.29, 0.717) is 62.1 Å². The highest BCUT2D eigenvalue weighted by atomic mass is 16.5. The van der Waals surface area contributed by atoms with Crippen molar-refractivity contribution in [1.82, 2.24) is 15.0 Å². The van der Waals surface area contributed by atoms with E-state index in [1.54, 1.807) is 6.07 Å². The first-order chi connectivity index (χ1) is 18.3. The second-order valence-electron chi connectivity index (χ2n) is 10.2. The molecule has 1 aromatic heterocycles. The van der Waals surface area contributed by atoms with E-state index < -0.39 is 0 Å². The van der Waals surface area contributed by atoms with Gasteiger partial charge in [-0.3, -0.25) is 0 Å². The van der Waals surface area contributed by atoms with Gasteiger partial charge in [0.05, 0.1) is 5.69 Å². The fourth-order valence-corrected chi connectivity index (χ4v) is 4.98. The highest BCUT2D eigenvalue weighted by Gasteiger charge is 2.28. The molecule has 0 saturated carbocycles. The number of nitrogens with one attached hydrogen (secondary N) is 1. The van der Waals surface area contributed by atoms with Gasteiger partial charge in [-0.05, 0) is 30.5 Å². The molecule has 3 heterocycles. The topological polar surface area (TPSA) is 197 Å². The van der Waals surface area contributed by atoms with Crippen molar-refractivity contribution < 1.29 is 4.74 Å². The lowest BCUT2D eigenvalue weighted by Crippen LogP contribution is -2.54. The average molecular weight is 520 g/mol. The molecule has 0 aliphatic carbocycles. The number of benzene rings is 2. The minimum atomic E-state index is -0.0615. The number of nitrogen functional groups attached to an aromatic ring is 1. The Kier molecular flexibility index (Phi) is 7.74. The molecule has 0 amide bonds. The first-order valence-electron chi connectivity index (χ1n) is 12.9. The standard InChI is InChI=1S/C26H37N11O/c27-17-8-18(28)12-36(11-17)25-33-24(34-26(35-25)37-13-19(29)9-20(30)14-37)32-21-6-7-22(31)23(10-21)38-15-16-4-2-1-3-5-16/h1-7,10,17-20H,8-9,11-15,27-31H2,(H,32,33,34,35). The van der Waals surface area contributed by atoms with Crippen LogP contribution in [0.5, 0.6) is 5.75 Å². The van der Waals surface area contributed by atoms with Gasteiger partial charge in [0.15, 0.2) is 0 Å². The van der Waals surface area contributed by atoms with Gasteiger partial charge in [-0.1, -0.05) is 30.3 Å². The van der Waals surface area contributed by atoms with E-state index in [-0.39, 0.29) is 24.2 Å². The molecule has 5 rings (SSSR count). The molecule has 11 N–H and O–H groups in total. The van der Waals surface area contributed by atoms with Crippen LogP contribution in [-0.2, 0) is 6.61 Å². The first kappa shape index (κ1) is 25.9. The number of hydrogen-bond acceptors (Lipinski definition) is 12. The van der Waals surface area contributed by atoms with Crippen LogP contribution in [0.3, 0.4) is 0 Å². The zero-order valence-electron chi connectivity index (χ0n) is 21.4. The van der Waals surface area contributed by atoms with E-state index in [2.05, 4.69) is 5.32 Å². The van der Waals surface area contributed by atoms with Gasteiger partial charge in [0.1, 0.15) is 12.4 Å². The van der Waals surface area contributed by atoms with Gasteiger partial charge < -0.3 is 48.5 Å². The maximum Gasteiger partial charge on any atom is 0.233 e. The molecule has 12 heteroatoms. The SMILES string of the molecule is Nc1ccc(Nc2nc(N3CC(N)CC(N)C3)nc(N3CC(N)CC(N)C3)n2)cc1OCc1ccccc1. The van der Waals surface area contributed by atoms with Crippen molar-refractivity contribution in [2.45, 2.75) is 43.6 Å². The fraction of sp³-hybridized carbons (Fsp3) is 0.423. The Morgan fingerprint density at radius 2 is 1.32 bits per heavy atom. The first-order valence-corrected chi connectivity index (χ1v) is 12.9. The molecule has 12 nitrogen and oxygen atoms in total. The van der Waals surface area contributed by atoms with Gasteiger partial charge in [-0.2, -0.15) is 15.0 Å². The number of anilines is 5. The summed E-state index contributed by atoms with van der Waals surface area (Å²) in [5.41, 5.74) is 33.5. The molecule has 2 aliphatic heterocycles. The molecule has 0 bridgehead atoms. The summed E-state index contributed by atoms with van der Waals surface area (Å²) in [5, 5.41) is 3.30. The summed E-state index contributed by atoms with van der Waals surface area (Å²) < 4.78 is 6.00. The smallest absolute Gasteiger partial charge is 0.233 e. The fourth-order valence-electron chi connectivity index (χ4n) is 4.98. The minimum Gasteiger partial charge on any atom is -0.487 e. The second-order valence-corrected chi connectivity index (χ2v) is 10.2. The molecule has 2 aliphatic rings. The van der Waals surface area contributed by atoms with Crippen LogP contribution in [0.4, 0.5) is 29.2 Å². The summed E-state index contributed by atoms with van der Waals surface area (Å²) in [6.07, 6.45) is 1.51. The molecule has 4 unspecified atom stereocenters. The van der Waals surface area contributed by atoms with E-state index in [9.17, 15) is 0 Å². The number of nitrogens with two attached hydrogens (primary N) is 5. The molecule has 2 saturated heterocycles. The van der Waals surface area contributed by atoms with Crippen LogP contribution >= 0.6 is 0 Å². The highest BCUT2D eigenvalue weighted by Crippen LogP contribution is 2.29. The molecule has 0 radical (unpaired) electrons. The van der Waals surface area contributed by atoms with Crippen molar-refractivity contribution >= 4 is 29.2 Å². The largest absolute Gasteiger partial charge is 0.487 e. The third-order valence-corrected chi connectivity index (χ3v) is 6.71. The summed E-state index contributed by atoms with van der Waals surface area (Å²) in [7, 11) is 0. The number of ether oxygens (including phenoxy) is 1. The van der Waals surface area contributed by atoms with Crippen molar-refractivity contribution in [1.29, 1.82) is 0 Å². The molecule has 4 atom stereocenters. The highest BCUT2D eigenvalue weighted by molar-refractivity contribution is 5.65. The number of rotatable bonds is 7. The molecular formula is C26H37N11O. The van der Waals surface area contributed by atoms with Crippen molar-refractivity contribution in [3.05, 3.63) is 54.1 Å². The summed E-state index contributed by atoms with van der Waals surface area (Å²) in [5.74, 6) is 1.96. The Morgan fingerprint density at radius 1 is 0.763 bits per heavy atom. The van der Waals surface area contributed by atoms with Gasteiger partial charge in [-0.15, -0.1) is 0 Å². The Balaban J connectivity index is 1.42. The number of piperidine rings is 2. The maximum atomic E-state index is 6.26. The number of aromatic nitrogens is 3. The maximum absolute atomic E-state index is 6.26. The summed E-state index contributed by atoms with van der Waals surface area (Å²) in [6.45, 7) is 2.83. The van der Waals surface area contributed by atoms with Crippen molar-refractivity contribution in [3.63, 3.8) is 0 Å². The van der Waals surface area contributed by atoms with Gasteiger partial charge in [0.25, 0.3) is 0 Å². The van der Waals surface area contributed by atoms with Crippen LogP contribution in [0.15, 0.2) is 48.5 Å². The molecular weight excluding hydrogens is 482 g/mol. The zero-order chi connectivity index (χ0) is 26.6. The van der Waals surface area contributed by atoms with Crippen LogP contribution in [0, 0.1) is 0 Å². The van der Waals surface area contributed by atoms with E-state index in [4.69, 9.17) is 48.4 Å². The lowest BCUT2D eigenvalue weighted by atomic mass is 10.0. The Labute approximate surface area is 222 Å². The van der Waals surface area contributed by atoms with Gasteiger partial charge in [0.2, 0.25) is 17.8 Å². The predicted molar refractivity (Wildman–Crippen MR) is 150 cm³/mol. The van der Waals surface area contributed by atoms with Gasteiger partial charge in [0, 0.05) is 62.1 Å². The van der Waals surface area contributed by atoms with Crippen molar-refractivity contribution in [2.24, 2.45) is 22.9 Å². The Morgan fingerprint density at radius 3 is 1.87 bits per heavy atom. The summed E-state index contributed by atoms with van der Waals surface area (Å²) in [6, 6.07) is 15.2. The van der Waals surface area contributed by atoms with Crippen LogP contribution in [0.25, 0.3) is 0 Å². The minimum absolute atomic E-state index is 0.0615. The molecule has 3 aromatic rings. The van der Waals surface area contributed by atoms with E-state index >= 15 is 0 Å². The monoisotopic (exact) mass is 519 g/mol. The van der Waals surface area contributed by atoms with Crippen molar-refractivity contribution in [2.75, 3.05) is 47.0 Å².